The van der Waals surface area contributed by atoms with Crippen molar-refractivity contribution < 1.29 is 17.9 Å². The highest BCUT2D eigenvalue weighted by atomic mass is 19.4. The molecule has 0 saturated heterocycles. The third-order valence-electron chi connectivity index (χ3n) is 2.89. The smallest absolute Gasteiger partial charge is 0.419 e. The van der Waals surface area contributed by atoms with Crippen molar-refractivity contribution in [2.75, 3.05) is 7.05 Å². The number of nitrogens with one attached hydrogen (secondary N) is 1. The molecule has 2 rings (SSSR count). The summed E-state index contributed by atoms with van der Waals surface area (Å²) in [5, 5.41) is 6.79. The van der Waals surface area contributed by atoms with E-state index in [9.17, 15) is 13.2 Å². The van der Waals surface area contributed by atoms with Crippen molar-refractivity contribution in [1.29, 1.82) is 0 Å². The Hall–Kier alpha value is -2.02. The molecule has 0 fully saturated rings. The predicted octanol–water partition coefficient (Wildman–Crippen LogP) is 3.43. The maximum atomic E-state index is 13.1. The van der Waals surface area contributed by atoms with Gasteiger partial charge >= 0.3 is 6.18 Å². The van der Waals surface area contributed by atoms with Gasteiger partial charge in [-0.25, -0.2) is 0 Å². The van der Waals surface area contributed by atoms with Crippen molar-refractivity contribution in [2.45, 2.75) is 26.2 Å². The van der Waals surface area contributed by atoms with Gasteiger partial charge in [-0.05, 0) is 31.7 Å². The summed E-state index contributed by atoms with van der Waals surface area (Å²) in [4.78, 5) is 0. The second-order valence-corrected chi connectivity index (χ2v) is 4.49. The molecule has 4 nitrogen and oxygen atoms in total. The van der Waals surface area contributed by atoms with Gasteiger partial charge in [0.05, 0.1) is 18.0 Å². The lowest BCUT2D eigenvalue weighted by Crippen LogP contribution is -2.10. The Morgan fingerprint density at radius 3 is 2.67 bits per heavy atom. The minimum atomic E-state index is -4.47. The first-order valence-corrected chi connectivity index (χ1v) is 6.49. The van der Waals surface area contributed by atoms with Gasteiger partial charge in [0, 0.05) is 13.1 Å². The molecule has 0 aliphatic rings. The van der Waals surface area contributed by atoms with Crippen molar-refractivity contribution >= 4 is 0 Å². The summed E-state index contributed by atoms with van der Waals surface area (Å²) >= 11 is 0. The molecule has 7 heteroatoms. The molecule has 0 spiro atoms. The second-order valence-electron chi connectivity index (χ2n) is 4.49. The van der Waals surface area contributed by atoms with Gasteiger partial charge in [-0.3, -0.25) is 4.68 Å². The molecular formula is C14H16F3N3O. The maximum Gasteiger partial charge on any atom is 0.419 e. The number of alkyl halides is 3. The van der Waals surface area contributed by atoms with Crippen LogP contribution in [0.1, 0.15) is 18.1 Å². The summed E-state index contributed by atoms with van der Waals surface area (Å²) in [5.74, 6) is 0.0572. The van der Waals surface area contributed by atoms with E-state index in [1.54, 1.807) is 24.0 Å². The van der Waals surface area contributed by atoms with E-state index >= 15 is 0 Å². The Labute approximate surface area is 120 Å². The van der Waals surface area contributed by atoms with E-state index in [2.05, 4.69) is 10.4 Å². The summed E-state index contributed by atoms with van der Waals surface area (Å²) in [5.41, 5.74) is -0.249. The molecule has 114 valence electrons. The Balaban J connectivity index is 2.33. The van der Waals surface area contributed by atoms with Crippen LogP contribution < -0.4 is 10.1 Å². The molecule has 1 aromatic heterocycles. The Kier molecular flexibility index (Phi) is 4.52. The van der Waals surface area contributed by atoms with Gasteiger partial charge in [0.2, 0.25) is 0 Å². The largest absolute Gasteiger partial charge is 0.453 e. The summed E-state index contributed by atoms with van der Waals surface area (Å²) in [6.07, 6.45) is -1.52. The molecule has 0 bridgehead atoms. The first kappa shape index (κ1) is 15.4. The van der Waals surface area contributed by atoms with Crippen LogP contribution >= 0.6 is 0 Å². The molecule has 2 aromatic rings. The Bertz CT molecular complexity index is 608. The monoisotopic (exact) mass is 299 g/mol. The average molecular weight is 299 g/mol. The third kappa shape index (κ3) is 3.75. The van der Waals surface area contributed by atoms with E-state index in [1.807, 2.05) is 6.92 Å². The van der Waals surface area contributed by atoms with Gasteiger partial charge in [0.1, 0.15) is 5.75 Å². The second kappa shape index (κ2) is 6.17. The van der Waals surface area contributed by atoms with Crippen LogP contribution in [0.15, 0.2) is 30.6 Å². The van der Waals surface area contributed by atoms with E-state index in [0.29, 0.717) is 18.7 Å². The molecule has 21 heavy (non-hydrogen) atoms. The van der Waals surface area contributed by atoms with Gasteiger partial charge in [-0.1, -0.05) is 6.07 Å². The lowest BCUT2D eigenvalue weighted by molar-refractivity contribution is -0.138. The zero-order valence-electron chi connectivity index (χ0n) is 11.7. The van der Waals surface area contributed by atoms with Gasteiger partial charge in [0.25, 0.3) is 0 Å². The molecule has 1 N–H and O–H groups in total. The molecule has 0 atom stereocenters. The minimum absolute atomic E-state index is 0.224. The zero-order chi connectivity index (χ0) is 15.5. The van der Waals surface area contributed by atoms with Crippen LogP contribution in [0.5, 0.6) is 11.5 Å². The SMILES string of the molecule is CCn1cc(Oc2ccc(CNC)cc2C(F)(F)F)cn1. The van der Waals surface area contributed by atoms with E-state index in [1.165, 1.54) is 12.3 Å². The van der Waals surface area contributed by atoms with E-state index in [-0.39, 0.29) is 11.5 Å². The first-order valence-electron chi connectivity index (χ1n) is 6.49. The van der Waals surface area contributed by atoms with Crippen molar-refractivity contribution in [1.82, 2.24) is 15.1 Å². The van der Waals surface area contributed by atoms with Crippen LogP contribution in [-0.4, -0.2) is 16.8 Å². The molecule has 0 saturated carbocycles. The summed E-state index contributed by atoms with van der Waals surface area (Å²) in [6.45, 7) is 2.86. The lowest BCUT2D eigenvalue weighted by Gasteiger charge is -2.14. The van der Waals surface area contributed by atoms with Gasteiger partial charge in [0.15, 0.2) is 5.75 Å². The lowest BCUT2D eigenvalue weighted by atomic mass is 10.1. The van der Waals surface area contributed by atoms with Gasteiger partial charge in [-0.15, -0.1) is 0 Å². The number of benzene rings is 1. The zero-order valence-corrected chi connectivity index (χ0v) is 11.7. The number of hydrogen-bond donors (Lipinski definition) is 1. The standard InChI is InChI=1S/C14H16F3N3O/c1-3-20-9-11(8-19-20)21-13-5-4-10(7-18-2)6-12(13)14(15,16)17/h4-6,8-9,18H,3,7H2,1-2H3. The Morgan fingerprint density at radius 1 is 1.33 bits per heavy atom. The maximum absolute atomic E-state index is 13.1. The number of rotatable bonds is 5. The topological polar surface area (TPSA) is 39.1 Å². The molecule has 0 unspecified atom stereocenters. The van der Waals surface area contributed by atoms with Crippen molar-refractivity contribution in [2.24, 2.45) is 0 Å². The number of aromatic nitrogens is 2. The predicted molar refractivity (Wildman–Crippen MR) is 72.2 cm³/mol. The molecule has 0 amide bonds. The van der Waals surface area contributed by atoms with E-state index < -0.39 is 11.7 Å². The highest BCUT2D eigenvalue weighted by Crippen LogP contribution is 2.38. The first-order chi connectivity index (χ1) is 9.94. The Morgan fingerprint density at radius 2 is 2.10 bits per heavy atom. The number of nitrogens with zero attached hydrogens (tertiary/aromatic N) is 2. The van der Waals surface area contributed by atoms with Crippen LogP contribution in [0, 0.1) is 0 Å². The highest BCUT2D eigenvalue weighted by Gasteiger charge is 2.35. The fraction of sp³-hybridized carbons (Fsp3) is 0.357. The molecule has 1 heterocycles. The molecular weight excluding hydrogens is 283 g/mol. The van der Waals surface area contributed by atoms with Crippen LogP contribution in [-0.2, 0) is 19.3 Å². The molecule has 1 aromatic carbocycles. The van der Waals surface area contributed by atoms with E-state index in [4.69, 9.17) is 4.74 Å². The normalized spacial score (nSPS) is 11.7. The van der Waals surface area contributed by atoms with Crippen molar-refractivity contribution in [3.63, 3.8) is 0 Å². The van der Waals surface area contributed by atoms with Gasteiger partial charge < -0.3 is 10.1 Å². The molecule has 0 radical (unpaired) electrons. The van der Waals surface area contributed by atoms with Crippen molar-refractivity contribution in [3.8, 4) is 11.5 Å². The highest BCUT2D eigenvalue weighted by molar-refractivity contribution is 5.41. The van der Waals surface area contributed by atoms with Crippen molar-refractivity contribution in [3.05, 3.63) is 41.7 Å². The van der Waals surface area contributed by atoms with Crippen LogP contribution in [0.2, 0.25) is 0 Å². The number of ether oxygens (including phenoxy) is 1. The van der Waals surface area contributed by atoms with Crippen LogP contribution in [0.25, 0.3) is 0 Å². The average Bonchev–Trinajstić information content (AvgIpc) is 2.87. The summed E-state index contributed by atoms with van der Waals surface area (Å²) < 4.78 is 46.3. The van der Waals surface area contributed by atoms with E-state index in [0.717, 1.165) is 6.07 Å². The quantitative estimate of drug-likeness (QED) is 0.919. The molecule has 0 aliphatic carbocycles. The van der Waals surface area contributed by atoms with Crippen LogP contribution in [0.3, 0.4) is 0 Å². The number of hydrogen-bond acceptors (Lipinski definition) is 3. The van der Waals surface area contributed by atoms with Crippen LogP contribution in [0.4, 0.5) is 13.2 Å². The number of halogens is 3. The summed E-state index contributed by atoms with van der Waals surface area (Å²) in [6, 6.07) is 4.03. The third-order valence-corrected chi connectivity index (χ3v) is 2.89. The summed E-state index contributed by atoms with van der Waals surface area (Å²) in [7, 11) is 1.68. The fourth-order valence-corrected chi connectivity index (χ4v) is 1.90. The minimum Gasteiger partial charge on any atom is -0.453 e. The van der Waals surface area contributed by atoms with Gasteiger partial charge in [-0.2, -0.15) is 18.3 Å². The molecule has 0 aliphatic heterocycles. The fourth-order valence-electron chi connectivity index (χ4n) is 1.90. The number of aryl methyl sites for hydroxylation is 1.